The second-order valence-electron chi connectivity index (χ2n) is 5.73. The van der Waals surface area contributed by atoms with Gasteiger partial charge in [-0.2, -0.15) is 0 Å². The molecule has 0 aromatic carbocycles. The summed E-state index contributed by atoms with van der Waals surface area (Å²) in [5, 5.41) is 0. The zero-order chi connectivity index (χ0) is 15.7. The van der Waals surface area contributed by atoms with Crippen LogP contribution in [0, 0.1) is 13.8 Å². The molecule has 0 spiro atoms. The van der Waals surface area contributed by atoms with Crippen LogP contribution in [0.4, 0.5) is 0 Å². The molecule has 6 heteroatoms. The van der Waals surface area contributed by atoms with E-state index in [0.717, 1.165) is 17.1 Å². The predicted molar refractivity (Wildman–Crippen MR) is 81.6 cm³/mol. The molecule has 0 saturated carbocycles. The number of pyridine rings is 1. The van der Waals surface area contributed by atoms with E-state index >= 15 is 0 Å². The maximum atomic E-state index is 12.8. The van der Waals surface area contributed by atoms with E-state index in [1.807, 2.05) is 43.4 Å². The average Bonchev–Trinajstić information content (AvgIpc) is 2.94. The van der Waals surface area contributed by atoms with Gasteiger partial charge in [0.05, 0.1) is 31.2 Å². The van der Waals surface area contributed by atoms with Gasteiger partial charge in [-0.3, -0.25) is 9.78 Å². The van der Waals surface area contributed by atoms with Crippen molar-refractivity contribution in [1.29, 1.82) is 0 Å². The smallest absolute Gasteiger partial charge is 0.254 e. The molecule has 0 unspecified atom stereocenters. The molecule has 0 saturated heterocycles. The quantitative estimate of drug-likeness (QED) is 0.866. The van der Waals surface area contributed by atoms with Crippen molar-refractivity contribution in [2.45, 2.75) is 26.4 Å². The summed E-state index contributed by atoms with van der Waals surface area (Å²) < 4.78 is 7.38. The number of rotatable bonds is 3. The van der Waals surface area contributed by atoms with Crippen LogP contribution in [0.5, 0.6) is 0 Å². The molecule has 0 N–H and O–H groups in total. The Labute approximate surface area is 129 Å². The molecule has 1 aliphatic heterocycles. The lowest BCUT2D eigenvalue weighted by Gasteiger charge is -2.34. The molecule has 0 fully saturated rings. The summed E-state index contributed by atoms with van der Waals surface area (Å²) in [5.41, 5.74) is 3.44. The Morgan fingerprint density at radius 1 is 1.36 bits per heavy atom. The number of nitrogens with zero attached hydrogens (tertiary/aromatic N) is 4. The summed E-state index contributed by atoms with van der Waals surface area (Å²) in [7, 11) is 1.67. The highest BCUT2D eigenvalue weighted by atomic mass is 16.5. The summed E-state index contributed by atoms with van der Waals surface area (Å²) in [6.45, 7) is 5.56. The van der Waals surface area contributed by atoms with E-state index in [1.54, 1.807) is 7.11 Å². The van der Waals surface area contributed by atoms with E-state index in [4.69, 9.17) is 4.74 Å². The van der Waals surface area contributed by atoms with Crippen LogP contribution in [-0.2, 0) is 11.3 Å². The molecule has 1 atom stereocenters. The van der Waals surface area contributed by atoms with Gasteiger partial charge in [-0.15, -0.1) is 0 Å². The van der Waals surface area contributed by atoms with Gasteiger partial charge in [-0.1, -0.05) is 0 Å². The number of imidazole rings is 1. The van der Waals surface area contributed by atoms with Gasteiger partial charge in [0, 0.05) is 36.8 Å². The molecule has 22 heavy (non-hydrogen) atoms. The van der Waals surface area contributed by atoms with E-state index in [0.29, 0.717) is 25.3 Å². The van der Waals surface area contributed by atoms with Crippen molar-refractivity contribution in [3.63, 3.8) is 0 Å². The monoisotopic (exact) mass is 300 g/mol. The number of aryl methyl sites for hydroxylation is 2. The van der Waals surface area contributed by atoms with Crippen molar-refractivity contribution in [3.8, 4) is 0 Å². The maximum absolute atomic E-state index is 12.8. The first-order valence-corrected chi connectivity index (χ1v) is 7.32. The Bertz CT molecular complexity index is 675. The van der Waals surface area contributed by atoms with Crippen molar-refractivity contribution in [2.75, 3.05) is 20.3 Å². The molecule has 3 rings (SSSR count). The van der Waals surface area contributed by atoms with Gasteiger partial charge in [-0.25, -0.2) is 4.98 Å². The minimum Gasteiger partial charge on any atom is -0.382 e. The van der Waals surface area contributed by atoms with Crippen LogP contribution >= 0.6 is 0 Å². The molecule has 116 valence electrons. The van der Waals surface area contributed by atoms with Crippen molar-refractivity contribution >= 4 is 5.91 Å². The number of hydrogen-bond acceptors (Lipinski definition) is 4. The third kappa shape index (κ3) is 2.74. The molecule has 2 aromatic heterocycles. The van der Waals surface area contributed by atoms with Gasteiger partial charge >= 0.3 is 0 Å². The van der Waals surface area contributed by atoms with E-state index in [1.165, 1.54) is 0 Å². The van der Waals surface area contributed by atoms with Gasteiger partial charge in [0.2, 0.25) is 0 Å². The number of amides is 1. The second kappa shape index (κ2) is 5.88. The standard InChI is InChI=1S/C16H20N4O2/c1-11-4-13(5-12(2)18-11)16(21)19-7-14-6-17-10-20(14)15(8-19)9-22-3/h4-6,10,15H,7-9H2,1-3H3/t15-/m0/s1. The van der Waals surface area contributed by atoms with Crippen LogP contribution in [0.1, 0.15) is 33.5 Å². The summed E-state index contributed by atoms with van der Waals surface area (Å²) in [5.74, 6) is 0.0298. The van der Waals surface area contributed by atoms with E-state index in [9.17, 15) is 4.79 Å². The highest BCUT2D eigenvalue weighted by Gasteiger charge is 2.28. The summed E-state index contributed by atoms with van der Waals surface area (Å²) >= 11 is 0. The van der Waals surface area contributed by atoms with Crippen LogP contribution in [0.3, 0.4) is 0 Å². The van der Waals surface area contributed by atoms with Gasteiger partial charge < -0.3 is 14.2 Å². The molecule has 0 bridgehead atoms. The second-order valence-corrected chi connectivity index (χ2v) is 5.73. The fourth-order valence-corrected chi connectivity index (χ4v) is 3.01. The Hall–Kier alpha value is -2.21. The molecule has 0 radical (unpaired) electrons. The fourth-order valence-electron chi connectivity index (χ4n) is 3.01. The van der Waals surface area contributed by atoms with E-state index < -0.39 is 0 Å². The first-order chi connectivity index (χ1) is 10.6. The third-order valence-electron chi connectivity index (χ3n) is 3.90. The van der Waals surface area contributed by atoms with Gasteiger partial charge in [0.25, 0.3) is 5.91 Å². The highest BCUT2D eigenvalue weighted by Crippen LogP contribution is 2.23. The topological polar surface area (TPSA) is 60.2 Å². The molecule has 1 aliphatic rings. The lowest BCUT2D eigenvalue weighted by atomic mass is 10.1. The summed E-state index contributed by atoms with van der Waals surface area (Å²) in [6.07, 6.45) is 3.62. The minimum absolute atomic E-state index is 0.0298. The molecule has 1 amide bonds. The van der Waals surface area contributed by atoms with Crippen LogP contribution < -0.4 is 0 Å². The molecule has 3 heterocycles. The van der Waals surface area contributed by atoms with Crippen LogP contribution in [0.25, 0.3) is 0 Å². The SMILES string of the molecule is COC[C@@H]1CN(C(=O)c2cc(C)nc(C)c2)Cc2cncn21. The molecule has 0 aliphatic carbocycles. The molecular formula is C16H20N4O2. The van der Waals surface area contributed by atoms with Crippen LogP contribution in [0.15, 0.2) is 24.7 Å². The maximum Gasteiger partial charge on any atom is 0.254 e. The lowest BCUT2D eigenvalue weighted by molar-refractivity contribution is 0.0599. The highest BCUT2D eigenvalue weighted by molar-refractivity contribution is 5.94. The number of aromatic nitrogens is 3. The van der Waals surface area contributed by atoms with Crippen molar-refractivity contribution in [3.05, 3.63) is 47.3 Å². The van der Waals surface area contributed by atoms with E-state index in [2.05, 4.69) is 14.5 Å². The van der Waals surface area contributed by atoms with Crippen molar-refractivity contribution in [1.82, 2.24) is 19.4 Å². The molecule has 2 aromatic rings. The first kappa shape index (κ1) is 14.7. The fraction of sp³-hybridized carbons (Fsp3) is 0.438. The molecular weight excluding hydrogens is 280 g/mol. The summed E-state index contributed by atoms with van der Waals surface area (Å²) in [4.78, 5) is 23.2. The number of carbonyl (C=O) groups excluding carboxylic acids is 1. The van der Waals surface area contributed by atoms with Crippen molar-refractivity contribution < 1.29 is 9.53 Å². The largest absolute Gasteiger partial charge is 0.382 e. The van der Waals surface area contributed by atoms with Crippen LogP contribution in [-0.4, -0.2) is 45.6 Å². The van der Waals surface area contributed by atoms with E-state index in [-0.39, 0.29) is 11.9 Å². The lowest BCUT2D eigenvalue weighted by Crippen LogP contribution is -2.42. The zero-order valence-corrected chi connectivity index (χ0v) is 13.1. The number of methoxy groups -OCH3 is 1. The Balaban J connectivity index is 1.87. The molecule has 6 nitrogen and oxygen atoms in total. The number of fused-ring (bicyclic) bond motifs is 1. The number of ether oxygens (including phenoxy) is 1. The Kier molecular flexibility index (Phi) is 3.94. The van der Waals surface area contributed by atoms with Crippen LogP contribution in [0.2, 0.25) is 0 Å². The normalized spacial score (nSPS) is 17.4. The van der Waals surface area contributed by atoms with Gasteiger partial charge in [0.15, 0.2) is 0 Å². The van der Waals surface area contributed by atoms with Gasteiger partial charge in [-0.05, 0) is 26.0 Å². The summed E-state index contributed by atoms with van der Waals surface area (Å²) in [6, 6.07) is 3.78. The third-order valence-corrected chi connectivity index (χ3v) is 3.90. The minimum atomic E-state index is 0.0298. The predicted octanol–water partition coefficient (Wildman–Crippen LogP) is 1.74. The zero-order valence-electron chi connectivity index (χ0n) is 13.1. The Morgan fingerprint density at radius 2 is 2.09 bits per heavy atom. The first-order valence-electron chi connectivity index (χ1n) is 7.32. The Morgan fingerprint density at radius 3 is 2.77 bits per heavy atom. The number of hydrogen-bond donors (Lipinski definition) is 0. The van der Waals surface area contributed by atoms with Crippen molar-refractivity contribution in [2.24, 2.45) is 0 Å². The average molecular weight is 300 g/mol. The number of carbonyl (C=O) groups is 1. The van der Waals surface area contributed by atoms with Gasteiger partial charge in [0.1, 0.15) is 0 Å².